The quantitative estimate of drug-likeness (QED) is 0.161. The lowest BCUT2D eigenvalue weighted by Gasteiger charge is -2.25. The van der Waals surface area contributed by atoms with Crippen molar-refractivity contribution >= 4 is 58.4 Å². The van der Waals surface area contributed by atoms with Crippen molar-refractivity contribution in [2.45, 2.75) is 39.8 Å². The van der Waals surface area contributed by atoms with Gasteiger partial charge in [-0.25, -0.2) is 0 Å². The van der Waals surface area contributed by atoms with Crippen molar-refractivity contribution in [3.63, 3.8) is 0 Å². The molecular formula is C26H39IN2O12. The minimum absolute atomic E-state index is 0.0214. The highest BCUT2D eigenvalue weighted by Crippen LogP contribution is 2.01. The van der Waals surface area contributed by atoms with E-state index < -0.39 is 47.9 Å². The Morgan fingerprint density at radius 2 is 0.902 bits per heavy atom. The predicted octanol–water partition coefficient (Wildman–Crippen LogP) is 1.29. The third-order valence-corrected chi connectivity index (χ3v) is 5.38. The summed E-state index contributed by atoms with van der Waals surface area (Å²) in [7, 11) is 3.09. The van der Waals surface area contributed by atoms with Crippen LogP contribution >= 0.6 is 22.6 Å². The smallest absolute Gasteiger partial charge is 0.317 e. The van der Waals surface area contributed by atoms with Gasteiger partial charge in [-0.1, -0.05) is 18.2 Å². The molecule has 0 unspecified atom stereocenters. The first-order valence-electron chi connectivity index (χ1n) is 12.1. The van der Waals surface area contributed by atoms with Crippen LogP contribution in [0.5, 0.6) is 0 Å². The maximum atomic E-state index is 10.7. The number of hydrogen-bond donors (Lipinski definition) is 2. The number of carboxylic acid groups (broad SMARTS) is 2. The van der Waals surface area contributed by atoms with E-state index in [0.29, 0.717) is 0 Å². The SMILES string of the molecule is CC(=O)OCC(COC(C)=O)N(C)CC(=O)O.CC(=O)OCC(COC(C)=O)N(C)CC(=O)O.Ic1ccccc1. The third kappa shape index (κ3) is 26.7. The number of benzene rings is 1. The fraction of sp³-hybridized carbons (Fsp3) is 0.538. The highest BCUT2D eigenvalue weighted by molar-refractivity contribution is 14.1. The molecule has 1 aromatic carbocycles. The zero-order chi connectivity index (χ0) is 32.0. The molecule has 0 atom stereocenters. The minimum Gasteiger partial charge on any atom is -0.480 e. The molecule has 0 amide bonds. The summed E-state index contributed by atoms with van der Waals surface area (Å²) in [6.45, 7) is 4.46. The van der Waals surface area contributed by atoms with E-state index >= 15 is 0 Å². The van der Waals surface area contributed by atoms with Crippen LogP contribution in [0.4, 0.5) is 0 Å². The minimum atomic E-state index is -1.01. The number of halogens is 1. The van der Waals surface area contributed by atoms with E-state index in [-0.39, 0.29) is 39.5 Å². The van der Waals surface area contributed by atoms with Crippen molar-refractivity contribution in [1.82, 2.24) is 9.80 Å². The average Bonchev–Trinajstić information content (AvgIpc) is 2.83. The Hall–Kier alpha value is -3.31. The number of rotatable bonds is 14. The molecule has 14 nitrogen and oxygen atoms in total. The number of carbonyl (C=O) groups is 6. The van der Waals surface area contributed by atoms with Crippen molar-refractivity contribution in [2.24, 2.45) is 0 Å². The molecule has 41 heavy (non-hydrogen) atoms. The summed E-state index contributed by atoms with van der Waals surface area (Å²) in [6.07, 6.45) is 0. The molecule has 0 aliphatic rings. The lowest BCUT2D eigenvalue weighted by Crippen LogP contribution is -2.42. The van der Waals surface area contributed by atoms with Crippen LogP contribution in [0.25, 0.3) is 0 Å². The first-order chi connectivity index (χ1) is 19.0. The molecular weight excluding hydrogens is 659 g/mol. The van der Waals surface area contributed by atoms with Crippen molar-refractivity contribution < 1.29 is 57.9 Å². The molecule has 0 radical (unpaired) electrons. The molecule has 0 aliphatic heterocycles. The van der Waals surface area contributed by atoms with E-state index in [4.69, 9.17) is 29.2 Å². The largest absolute Gasteiger partial charge is 0.480 e. The van der Waals surface area contributed by atoms with Gasteiger partial charge in [-0.3, -0.25) is 38.6 Å². The van der Waals surface area contributed by atoms with Crippen molar-refractivity contribution in [3.05, 3.63) is 33.9 Å². The standard InChI is InChI=1S/2C10H17NO6.C6H5I/c2*1-7(12)16-5-9(6-17-8(2)13)11(3)4-10(14)15;7-6-4-2-1-3-5-6/h2*9H,4-6H2,1-3H3,(H,14,15);1-5H. The van der Waals surface area contributed by atoms with Crippen LogP contribution in [-0.4, -0.2) is 122 Å². The number of likely N-dealkylation sites (N-methyl/N-ethyl adjacent to an activating group) is 2. The van der Waals surface area contributed by atoms with Gasteiger partial charge >= 0.3 is 35.8 Å². The van der Waals surface area contributed by atoms with Crippen LogP contribution in [0.3, 0.4) is 0 Å². The number of nitrogens with zero attached hydrogens (tertiary/aromatic N) is 2. The van der Waals surface area contributed by atoms with Crippen molar-refractivity contribution in [2.75, 3.05) is 53.6 Å². The van der Waals surface area contributed by atoms with Gasteiger partial charge in [0, 0.05) is 31.3 Å². The van der Waals surface area contributed by atoms with Gasteiger partial charge in [0.2, 0.25) is 0 Å². The molecule has 0 fully saturated rings. The second-order valence-corrected chi connectivity index (χ2v) is 9.68. The summed E-state index contributed by atoms with van der Waals surface area (Å²) in [5.74, 6) is -3.91. The van der Waals surface area contributed by atoms with Gasteiger partial charge in [-0.2, -0.15) is 0 Å². The lowest BCUT2D eigenvalue weighted by molar-refractivity contribution is -0.150. The molecule has 2 N–H and O–H groups in total. The van der Waals surface area contributed by atoms with Gasteiger partial charge in [0.15, 0.2) is 0 Å². The van der Waals surface area contributed by atoms with E-state index in [0.717, 1.165) is 0 Å². The summed E-state index contributed by atoms with van der Waals surface area (Å²) in [4.78, 5) is 66.6. The van der Waals surface area contributed by atoms with Gasteiger partial charge in [0.1, 0.15) is 26.4 Å². The normalized spacial score (nSPS) is 10.1. The number of aliphatic carboxylic acids is 2. The van der Waals surface area contributed by atoms with Crippen LogP contribution in [-0.2, 0) is 47.7 Å². The third-order valence-electron chi connectivity index (χ3n) is 4.67. The van der Waals surface area contributed by atoms with Gasteiger partial charge in [-0.05, 0) is 48.8 Å². The van der Waals surface area contributed by atoms with Crippen molar-refractivity contribution in [3.8, 4) is 0 Å². The Morgan fingerprint density at radius 3 is 1.07 bits per heavy atom. The molecule has 0 saturated carbocycles. The van der Waals surface area contributed by atoms with Crippen LogP contribution < -0.4 is 0 Å². The number of esters is 4. The molecule has 15 heteroatoms. The van der Waals surface area contributed by atoms with E-state index in [1.165, 1.54) is 41.1 Å². The van der Waals surface area contributed by atoms with E-state index in [1.54, 1.807) is 14.1 Å². The second kappa shape index (κ2) is 23.4. The summed E-state index contributed by atoms with van der Waals surface area (Å²) < 4.78 is 20.4. The fourth-order valence-electron chi connectivity index (χ4n) is 2.56. The van der Waals surface area contributed by atoms with Gasteiger partial charge < -0.3 is 29.2 Å². The fourth-order valence-corrected chi connectivity index (χ4v) is 2.97. The number of hydrogen-bond acceptors (Lipinski definition) is 12. The summed E-state index contributed by atoms with van der Waals surface area (Å²) in [5.41, 5.74) is 0. The first kappa shape index (κ1) is 39.8. The van der Waals surface area contributed by atoms with Crippen LogP contribution in [0.2, 0.25) is 0 Å². The molecule has 1 rings (SSSR count). The zero-order valence-corrected chi connectivity index (χ0v) is 26.2. The topological polar surface area (TPSA) is 186 Å². The Morgan fingerprint density at radius 1 is 0.634 bits per heavy atom. The van der Waals surface area contributed by atoms with Crippen LogP contribution in [0.15, 0.2) is 30.3 Å². The maximum Gasteiger partial charge on any atom is 0.317 e. The highest BCUT2D eigenvalue weighted by Gasteiger charge is 2.21. The highest BCUT2D eigenvalue weighted by atomic mass is 127. The molecule has 0 aromatic heterocycles. The Bertz CT molecular complexity index is 867. The van der Waals surface area contributed by atoms with Crippen LogP contribution in [0, 0.1) is 3.57 Å². The summed E-state index contributed by atoms with van der Waals surface area (Å²) in [5, 5.41) is 17.3. The molecule has 1 aromatic rings. The lowest BCUT2D eigenvalue weighted by atomic mass is 10.3. The summed E-state index contributed by atoms with van der Waals surface area (Å²) in [6, 6.07) is 9.27. The molecule has 0 bridgehead atoms. The summed E-state index contributed by atoms with van der Waals surface area (Å²) >= 11 is 2.28. The Balaban J connectivity index is 0. The number of ether oxygens (including phenoxy) is 4. The monoisotopic (exact) mass is 698 g/mol. The Labute approximate surface area is 253 Å². The molecule has 0 saturated heterocycles. The first-order valence-corrected chi connectivity index (χ1v) is 13.2. The zero-order valence-electron chi connectivity index (χ0n) is 24.0. The molecule has 0 spiro atoms. The van der Waals surface area contributed by atoms with E-state index in [1.807, 2.05) is 18.2 Å². The molecule has 232 valence electrons. The van der Waals surface area contributed by atoms with Gasteiger partial charge in [0.05, 0.1) is 25.2 Å². The number of carbonyl (C=O) groups excluding carboxylic acids is 4. The molecule has 0 aliphatic carbocycles. The van der Waals surface area contributed by atoms with E-state index in [2.05, 4.69) is 34.7 Å². The number of carboxylic acids is 2. The van der Waals surface area contributed by atoms with Gasteiger partial charge in [-0.15, -0.1) is 0 Å². The van der Waals surface area contributed by atoms with Crippen LogP contribution in [0.1, 0.15) is 27.7 Å². The Kier molecular flexibility index (Phi) is 22.7. The second-order valence-electron chi connectivity index (χ2n) is 8.43. The van der Waals surface area contributed by atoms with E-state index in [9.17, 15) is 28.8 Å². The maximum absolute atomic E-state index is 10.7. The van der Waals surface area contributed by atoms with Crippen molar-refractivity contribution in [1.29, 1.82) is 0 Å². The molecule has 0 heterocycles. The van der Waals surface area contributed by atoms with Gasteiger partial charge in [0.25, 0.3) is 0 Å². The average molecular weight is 699 g/mol. The predicted molar refractivity (Wildman–Crippen MR) is 154 cm³/mol.